The molecular weight excluding hydrogens is 356 g/mol. The van der Waals surface area contributed by atoms with Crippen molar-refractivity contribution in [1.82, 2.24) is 20.4 Å². The third kappa shape index (κ3) is 2.56. The lowest BCUT2D eigenvalue weighted by Gasteiger charge is -2.32. The molecule has 8 nitrogen and oxygen atoms in total. The Bertz CT molecular complexity index is 1050. The molecule has 146 valence electrons. The number of nitrogens with zero attached hydrogens (tertiary/aromatic N) is 3. The molecule has 1 fully saturated rings. The van der Waals surface area contributed by atoms with Crippen molar-refractivity contribution in [2.75, 3.05) is 45.3 Å². The summed E-state index contributed by atoms with van der Waals surface area (Å²) in [4.78, 5) is 10.7. The monoisotopic (exact) mass is 380 g/mol. The van der Waals surface area contributed by atoms with E-state index in [2.05, 4.69) is 37.8 Å². The van der Waals surface area contributed by atoms with Gasteiger partial charge in [-0.15, -0.1) is 0 Å². The number of nitrogens with one attached hydrogen (secondary N) is 3. The van der Waals surface area contributed by atoms with Crippen molar-refractivity contribution >= 4 is 22.6 Å². The number of amidine groups is 1. The molecule has 0 saturated carbocycles. The Labute approximate surface area is 162 Å². The van der Waals surface area contributed by atoms with Gasteiger partial charge in [-0.05, 0) is 26.0 Å². The van der Waals surface area contributed by atoms with E-state index in [1.54, 1.807) is 7.11 Å². The number of piperazine rings is 1. The number of hydrogen-bond acceptors (Lipinski definition) is 7. The Hall–Kier alpha value is -3.00. The first-order valence-electron chi connectivity index (χ1n) is 9.58. The molecule has 0 radical (unpaired) electrons. The summed E-state index contributed by atoms with van der Waals surface area (Å²) in [6.45, 7) is 8.32. The molecule has 1 saturated heterocycles. The Kier molecular flexibility index (Phi) is 4.01. The maximum Gasteiger partial charge on any atom is 0.141 e. The fourth-order valence-corrected chi connectivity index (χ4v) is 4.23. The number of aromatic nitrogens is 2. The molecule has 0 bridgehead atoms. The number of hydrogen-bond donors (Lipinski definition) is 3. The number of aryl methyl sites for hydroxylation is 2. The molecule has 0 atom stereocenters. The maximum atomic E-state index is 5.76. The highest BCUT2D eigenvalue weighted by molar-refractivity contribution is 6.15. The fraction of sp³-hybridized carbons (Fsp3) is 0.400. The van der Waals surface area contributed by atoms with Crippen molar-refractivity contribution in [3.63, 3.8) is 0 Å². The molecule has 8 heteroatoms. The van der Waals surface area contributed by atoms with Crippen LogP contribution in [0, 0.1) is 13.8 Å². The number of rotatable bonds is 2. The van der Waals surface area contributed by atoms with Crippen molar-refractivity contribution in [2.45, 2.75) is 13.8 Å². The van der Waals surface area contributed by atoms with Gasteiger partial charge >= 0.3 is 0 Å². The van der Waals surface area contributed by atoms with E-state index in [0.717, 1.165) is 82.6 Å². The van der Waals surface area contributed by atoms with Crippen LogP contribution < -0.4 is 15.4 Å². The van der Waals surface area contributed by atoms with Crippen molar-refractivity contribution in [3.05, 3.63) is 29.2 Å². The zero-order valence-corrected chi connectivity index (χ0v) is 16.3. The zero-order chi connectivity index (χ0) is 19.3. The van der Waals surface area contributed by atoms with E-state index < -0.39 is 0 Å². The number of fused-ring (bicyclic) bond motifs is 3. The van der Waals surface area contributed by atoms with Gasteiger partial charge in [0.2, 0.25) is 0 Å². The molecule has 0 aliphatic carbocycles. The van der Waals surface area contributed by atoms with Gasteiger partial charge in [0, 0.05) is 42.6 Å². The molecule has 28 heavy (non-hydrogen) atoms. The number of ether oxygens (including phenoxy) is 1. The Morgan fingerprint density at radius 3 is 2.68 bits per heavy atom. The van der Waals surface area contributed by atoms with Gasteiger partial charge in [-0.1, -0.05) is 5.16 Å². The molecule has 2 aliphatic rings. The highest BCUT2D eigenvalue weighted by Crippen LogP contribution is 2.40. The molecule has 0 unspecified atom stereocenters. The first-order valence-corrected chi connectivity index (χ1v) is 9.58. The summed E-state index contributed by atoms with van der Waals surface area (Å²) in [5.74, 6) is 3.65. The van der Waals surface area contributed by atoms with Gasteiger partial charge in [-0.3, -0.25) is 0 Å². The minimum Gasteiger partial charge on any atom is -0.496 e. The molecule has 2 aromatic heterocycles. The first kappa shape index (κ1) is 17.1. The van der Waals surface area contributed by atoms with E-state index in [4.69, 9.17) is 14.3 Å². The van der Waals surface area contributed by atoms with E-state index >= 15 is 0 Å². The van der Waals surface area contributed by atoms with Crippen LogP contribution in [0.2, 0.25) is 0 Å². The van der Waals surface area contributed by atoms with Crippen molar-refractivity contribution in [2.24, 2.45) is 4.99 Å². The maximum absolute atomic E-state index is 5.76. The third-order valence-corrected chi connectivity index (χ3v) is 5.55. The third-order valence-electron chi connectivity index (χ3n) is 5.55. The lowest BCUT2D eigenvalue weighted by Crippen LogP contribution is -2.47. The van der Waals surface area contributed by atoms with Crippen molar-refractivity contribution < 1.29 is 9.26 Å². The molecule has 5 rings (SSSR count). The first-order chi connectivity index (χ1) is 13.7. The second-order valence-corrected chi connectivity index (χ2v) is 7.23. The Morgan fingerprint density at radius 2 is 1.96 bits per heavy atom. The van der Waals surface area contributed by atoms with Gasteiger partial charge in [0.15, 0.2) is 0 Å². The van der Waals surface area contributed by atoms with E-state index in [1.807, 2.05) is 13.8 Å². The summed E-state index contributed by atoms with van der Waals surface area (Å²) in [7, 11) is 1.70. The van der Waals surface area contributed by atoms with Crippen LogP contribution in [0.3, 0.4) is 0 Å². The standard InChI is InChI=1S/C20H24N6O2/c1-11-17(12(2)28-25-11)14-8-15-13(9-16(14)27-3)18-19(24-15)22-10-23-20(18)26-6-4-21-5-7-26/h8-9,21-22,24H,4-7,10H2,1-3H3. The van der Waals surface area contributed by atoms with E-state index in [9.17, 15) is 0 Å². The second-order valence-electron chi connectivity index (χ2n) is 7.23. The lowest BCUT2D eigenvalue weighted by molar-refractivity contribution is 0.357. The molecule has 3 aromatic rings. The van der Waals surface area contributed by atoms with Gasteiger partial charge in [0.05, 0.1) is 23.9 Å². The van der Waals surface area contributed by atoms with Crippen LogP contribution in [0.15, 0.2) is 21.6 Å². The van der Waals surface area contributed by atoms with Gasteiger partial charge in [0.25, 0.3) is 0 Å². The number of benzene rings is 1. The summed E-state index contributed by atoms with van der Waals surface area (Å²) >= 11 is 0. The van der Waals surface area contributed by atoms with E-state index in [-0.39, 0.29) is 0 Å². The van der Waals surface area contributed by atoms with Crippen LogP contribution in [0.25, 0.3) is 22.0 Å². The molecule has 0 spiro atoms. The SMILES string of the molecule is COc1cc2c3c([nH]c2cc1-c1c(C)noc1C)NCN=C3N1CCNCC1. The average Bonchev–Trinajstić information content (AvgIpc) is 3.26. The van der Waals surface area contributed by atoms with Gasteiger partial charge in [-0.2, -0.15) is 0 Å². The molecule has 2 aliphatic heterocycles. The average molecular weight is 380 g/mol. The summed E-state index contributed by atoms with van der Waals surface area (Å²) in [5, 5.41) is 12.0. The van der Waals surface area contributed by atoms with Gasteiger partial charge < -0.3 is 29.8 Å². The number of aliphatic imine (C=N–C) groups is 1. The minimum absolute atomic E-state index is 0.576. The summed E-state index contributed by atoms with van der Waals surface area (Å²) in [6.07, 6.45) is 0. The van der Waals surface area contributed by atoms with Crippen molar-refractivity contribution in [1.29, 1.82) is 0 Å². The topological polar surface area (TPSA) is 90.7 Å². The normalized spacial score (nSPS) is 16.7. The van der Waals surface area contributed by atoms with E-state index in [1.165, 1.54) is 0 Å². The predicted molar refractivity (Wildman–Crippen MR) is 109 cm³/mol. The van der Waals surface area contributed by atoms with Crippen molar-refractivity contribution in [3.8, 4) is 16.9 Å². The Morgan fingerprint density at radius 1 is 1.14 bits per heavy atom. The van der Waals surface area contributed by atoms with Crippen LogP contribution in [-0.2, 0) is 0 Å². The highest BCUT2D eigenvalue weighted by atomic mass is 16.5. The molecule has 1 aromatic carbocycles. The fourth-order valence-electron chi connectivity index (χ4n) is 4.23. The predicted octanol–water partition coefficient (Wildman–Crippen LogP) is 2.48. The van der Waals surface area contributed by atoms with Crippen LogP contribution in [-0.4, -0.2) is 60.8 Å². The smallest absolute Gasteiger partial charge is 0.141 e. The molecular formula is C20H24N6O2. The summed E-state index contributed by atoms with van der Waals surface area (Å²) in [6, 6.07) is 4.21. The van der Waals surface area contributed by atoms with Crippen LogP contribution in [0.5, 0.6) is 5.75 Å². The lowest BCUT2D eigenvalue weighted by atomic mass is 10.00. The molecule has 4 heterocycles. The second kappa shape index (κ2) is 6.56. The number of H-pyrrole nitrogens is 1. The highest BCUT2D eigenvalue weighted by Gasteiger charge is 2.27. The van der Waals surface area contributed by atoms with Crippen LogP contribution >= 0.6 is 0 Å². The van der Waals surface area contributed by atoms with Crippen LogP contribution in [0.4, 0.5) is 5.82 Å². The largest absolute Gasteiger partial charge is 0.496 e. The van der Waals surface area contributed by atoms with Crippen LogP contribution in [0.1, 0.15) is 17.0 Å². The molecule has 0 amide bonds. The summed E-state index contributed by atoms with van der Waals surface area (Å²) < 4.78 is 11.1. The number of aromatic amines is 1. The number of anilines is 1. The summed E-state index contributed by atoms with van der Waals surface area (Å²) in [5.41, 5.74) is 4.97. The molecule has 3 N–H and O–H groups in total. The Balaban J connectivity index is 1.69. The van der Waals surface area contributed by atoms with Gasteiger partial charge in [0.1, 0.15) is 29.8 Å². The minimum atomic E-state index is 0.576. The van der Waals surface area contributed by atoms with Gasteiger partial charge in [-0.25, -0.2) is 4.99 Å². The number of methoxy groups -OCH3 is 1. The van der Waals surface area contributed by atoms with E-state index in [0.29, 0.717) is 6.67 Å². The zero-order valence-electron chi connectivity index (χ0n) is 16.3. The quantitative estimate of drug-likeness (QED) is 0.633.